The van der Waals surface area contributed by atoms with Crippen molar-refractivity contribution in [1.29, 1.82) is 5.26 Å². The molecule has 9 heteroatoms. The maximum Gasteiger partial charge on any atom is 0.269 e. The molecule has 0 aromatic carbocycles. The van der Waals surface area contributed by atoms with Crippen LogP contribution in [-0.2, 0) is 6.42 Å². The van der Waals surface area contributed by atoms with Gasteiger partial charge in [0.15, 0.2) is 6.19 Å². The minimum Gasteiger partial charge on any atom is -0.383 e. The monoisotopic (exact) mass is 437 g/mol. The molecule has 0 saturated heterocycles. The molecule has 0 aliphatic heterocycles. The van der Waals surface area contributed by atoms with Gasteiger partial charge >= 0.3 is 0 Å². The Bertz CT molecular complexity index is 1220. The third kappa shape index (κ3) is 4.91. The molecule has 0 radical (unpaired) electrons. The summed E-state index contributed by atoms with van der Waals surface area (Å²) in [7, 11) is 0. The molecule has 2 aromatic heterocycles. The number of nitrogen functional groups attached to an aromatic ring is 2. The van der Waals surface area contributed by atoms with Crippen molar-refractivity contribution in [3.63, 3.8) is 0 Å². The summed E-state index contributed by atoms with van der Waals surface area (Å²) in [4.78, 5) is 18.2. The summed E-state index contributed by atoms with van der Waals surface area (Å²) < 4.78 is 3.56. The second-order valence-electron chi connectivity index (χ2n) is 7.52. The van der Waals surface area contributed by atoms with Gasteiger partial charge in [0.2, 0.25) is 5.95 Å². The van der Waals surface area contributed by atoms with Gasteiger partial charge in [-0.3, -0.25) is 10.1 Å². The van der Waals surface area contributed by atoms with E-state index in [1.807, 2.05) is 5.32 Å². The number of fused-ring (bicyclic) bond motifs is 1. The fourth-order valence-corrected chi connectivity index (χ4v) is 4.33. The molecule has 0 unspecified atom stereocenters. The molecule has 8 nitrogen and oxygen atoms in total. The molecule has 5 N–H and O–H groups in total. The molecule has 0 bridgehead atoms. The molecule has 162 valence electrons. The van der Waals surface area contributed by atoms with E-state index in [9.17, 15) is 4.79 Å². The Hall–Kier alpha value is -3.25. The maximum absolute atomic E-state index is 11.0. The largest absolute Gasteiger partial charge is 0.383 e. The number of aromatic nitrogens is 3. The van der Waals surface area contributed by atoms with Crippen molar-refractivity contribution in [2.45, 2.75) is 58.4 Å². The Kier molecular flexibility index (Phi) is 7.02. The van der Waals surface area contributed by atoms with Gasteiger partial charge in [0.05, 0.1) is 0 Å². The van der Waals surface area contributed by atoms with Gasteiger partial charge in [0.25, 0.3) is 5.91 Å². The predicted octanol–water partition coefficient (Wildman–Crippen LogP) is 2.10. The number of pyridine rings is 1. The number of nitrogens with zero attached hydrogens (tertiary/aromatic N) is 4. The number of nitrogens with two attached hydrogens (primary N) is 2. The van der Waals surface area contributed by atoms with E-state index in [0.717, 1.165) is 23.7 Å². The van der Waals surface area contributed by atoms with Crippen LogP contribution < -0.4 is 27.2 Å². The Morgan fingerprint density at radius 1 is 1.35 bits per heavy atom. The van der Waals surface area contributed by atoms with Crippen molar-refractivity contribution in [2.75, 3.05) is 11.5 Å². The summed E-state index contributed by atoms with van der Waals surface area (Å²) in [5, 5.41) is 12.8. The number of aryl methyl sites for hydroxylation is 1. The number of carbonyl (C=O) groups is 1. The van der Waals surface area contributed by atoms with Crippen LogP contribution in [0.25, 0.3) is 11.6 Å². The first-order valence-electron chi connectivity index (χ1n) is 10.4. The van der Waals surface area contributed by atoms with Crippen LogP contribution in [0.4, 0.5) is 11.8 Å². The lowest BCUT2D eigenvalue weighted by Gasteiger charge is -2.17. The van der Waals surface area contributed by atoms with Crippen LogP contribution in [0.2, 0.25) is 0 Å². The summed E-state index contributed by atoms with van der Waals surface area (Å²) in [6.45, 7) is 4.50. The van der Waals surface area contributed by atoms with Crippen molar-refractivity contribution in [3.05, 3.63) is 38.6 Å². The molecule has 2 aliphatic rings. The fourth-order valence-electron chi connectivity index (χ4n) is 3.80. The van der Waals surface area contributed by atoms with E-state index in [4.69, 9.17) is 28.9 Å². The first-order chi connectivity index (χ1) is 14.9. The van der Waals surface area contributed by atoms with Gasteiger partial charge in [0, 0.05) is 23.2 Å². The van der Waals surface area contributed by atoms with Crippen LogP contribution in [0.3, 0.4) is 0 Å². The molecule has 0 spiro atoms. The van der Waals surface area contributed by atoms with Crippen LogP contribution in [0.15, 0.2) is 12.3 Å². The Morgan fingerprint density at radius 2 is 2.10 bits per heavy atom. The van der Waals surface area contributed by atoms with Crippen LogP contribution in [-0.4, -0.2) is 20.4 Å². The highest BCUT2D eigenvalue weighted by atomic mass is 32.1. The fraction of sp³-hybridized carbons (Fsp3) is 0.409. The van der Waals surface area contributed by atoms with Gasteiger partial charge in [-0.1, -0.05) is 37.7 Å². The van der Waals surface area contributed by atoms with Crippen LogP contribution in [0.5, 0.6) is 0 Å². The van der Waals surface area contributed by atoms with Gasteiger partial charge in [0.1, 0.15) is 16.0 Å². The first kappa shape index (κ1) is 22.4. The summed E-state index contributed by atoms with van der Waals surface area (Å²) in [6.07, 6.45) is 12.2. The zero-order valence-corrected chi connectivity index (χ0v) is 18.6. The van der Waals surface area contributed by atoms with E-state index in [1.54, 1.807) is 5.57 Å². The molecular weight excluding hydrogens is 410 g/mol. The minimum absolute atomic E-state index is 0.0222. The molecule has 0 atom stereocenters. The van der Waals surface area contributed by atoms with E-state index in [0.29, 0.717) is 6.04 Å². The highest BCUT2D eigenvalue weighted by Gasteiger charge is 2.26. The van der Waals surface area contributed by atoms with Crippen LogP contribution >= 0.6 is 12.2 Å². The van der Waals surface area contributed by atoms with Crippen LogP contribution in [0.1, 0.15) is 68.0 Å². The predicted molar refractivity (Wildman–Crippen MR) is 123 cm³/mol. The molecule has 2 aliphatic carbocycles. The lowest BCUT2D eigenvalue weighted by molar-refractivity contribution is 0.0973. The Labute approximate surface area is 186 Å². The average Bonchev–Trinajstić information content (AvgIpc) is 3.58. The molecule has 1 saturated carbocycles. The third-order valence-corrected chi connectivity index (χ3v) is 5.87. The molecular formula is C22H27N7OS. The lowest BCUT2D eigenvalue weighted by atomic mass is 9.98. The zero-order chi connectivity index (χ0) is 22.5. The summed E-state index contributed by atoms with van der Waals surface area (Å²) in [5.74, 6) is -0.730. The maximum atomic E-state index is 11.0. The normalized spacial score (nSPS) is 14.4. The van der Waals surface area contributed by atoms with Crippen molar-refractivity contribution in [2.24, 2.45) is 0 Å². The standard InChI is InChI=1S/C16H21NS.C6H6N6O/c1-3-11-6-5-7-12-10-13(4-2)17(14-8-9-14)16(18)15(11)12;7-2-11-5(13)3-1-10-6(9)12-4(3)8/h7,10,14H,3-6,8-9H2,1-2H3;1H,(H,11,13)(H4,8,9,10,12). The smallest absolute Gasteiger partial charge is 0.269 e. The molecule has 2 heterocycles. The van der Waals surface area contributed by atoms with Gasteiger partial charge in [-0.15, -0.1) is 0 Å². The molecule has 1 fully saturated rings. The number of anilines is 2. The molecule has 2 aromatic rings. The van der Waals surface area contributed by atoms with Crippen LogP contribution in [0, 0.1) is 16.1 Å². The van der Waals surface area contributed by atoms with Gasteiger partial charge < -0.3 is 16.0 Å². The number of nitriles is 1. The highest BCUT2D eigenvalue weighted by molar-refractivity contribution is 7.71. The number of amides is 1. The van der Waals surface area contributed by atoms with Crippen molar-refractivity contribution < 1.29 is 4.79 Å². The van der Waals surface area contributed by atoms with E-state index >= 15 is 0 Å². The van der Waals surface area contributed by atoms with Crippen molar-refractivity contribution in [1.82, 2.24) is 19.9 Å². The number of nitrogens with one attached hydrogen (secondary N) is 1. The van der Waals surface area contributed by atoms with E-state index in [2.05, 4.69) is 40.5 Å². The van der Waals surface area contributed by atoms with Gasteiger partial charge in [-0.2, -0.15) is 10.2 Å². The highest BCUT2D eigenvalue weighted by Crippen LogP contribution is 2.35. The van der Waals surface area contributed by atoms with Gasteiger partial charge in [-0.25, -0.2) is 4.98 Å². The summed E-state index contributed by atoms with van der Waals surface area (Å²) in [5.41, 5.74) is 13.6. The second-order valence-corrected chi connectivity index (χ2v) is 7.91. The van der Waals surface area contributed by atoms with E-state index in [1.165, 1.54) is 48.0 Å². The number of hydrogen-bond donors (Lipinski definition) is 3. The van der Waals surface area contributed by atoms with Crippen molar-refractivity contribution >= 4 is 41.5 Å². The lowest BCUT2D eigenvalue weighted by Crippen LogP contribution is -2.35. The number of hydrogen-bond acceptors (Lipinski definition) is 7. The number of carbonyl (C=O) groups excluding carboxylic acids is 1. The van der Waals surface area contributed by atoms with E-state index in [-0.39, 0.29) is 17.3 Å². The summed E-state index contributed by atoms with van der Waals surface area (Å²) in [6, 6.07) is 3.08. The van der Waals surface area contributed by atoms with Gasteiger partial charge in [-0.05, 0) is 49.8 Å². The minimum atomic E-state index is -0.653. The molecule has 1 amide bonds. The molecule has 31 heavy (non-hydrogen) atoms. The summed E-state index contributed by atoms with van der Waals surface area (Å²) >= 11 is 5.81. The van der Waals surface area contributed by atoms with E-state index < -0.39 is 5.91 Å². The third-order valence-electron chi connectivity index (χ3n) is 5.47. The second kappa shape index (κ2) is 9.71. The average molecular weight is 438 g/mol. The molecule has 4 rings (SSSR count). The quantitative estimate of drug-likeness (QED) is 0.378. The zero-order valence-electron chi connectivity index (χ0n) is 17.8. The van der Waals surface area contributed by atoms with Crippen molar-refractivity contribution in [3.8, 4) is 6.19 Å². The topological polar surface area (TPSA) is 136 Å². The first-order valence-corrected chi connectivity index (χ1v) is 10.9. The number of rotatable bonds is 4. The SMILES string of the molecule is CCC1=c2c(cc(CC)n(C3CC3)c2=S)=CCC1.N#CNC(=O)c1cnc(N)nc1N. The Morgan fingerprint density at radius 3 is 2.68 bits per heavy atom. The Balaban J connectivity index is 0.000000187.